The number of aryl methyl sites for hydroxylation is 2. The number of nitrogen functional groups attached to an aromatic ring is 1. The second-order valence-electron chi connectivity index (χ2n) is 5.76. The van der Waals surface area contributed by atoms with Gasteiger partial charge in [0.05, 0.1) is 7.11 Å². The fourth-order valence-corrected chi connectivity index (χ4v) is 2.36. The summed E-state index contributed by atoms with van der Waals surface area (Å²) in [4.78, 5) is 8.48. The van der Waals surface area contributed by atoms with Crippen molar-refractivity contribution in [1.29, 1.82) is 0 Å². The van der Waals surface area contributed by atoms with Crippen molar-refractivity contribution in [3.63, 3.8) is 0 Å². The van der Waals surface area contributed by atoms with Crippen molar-refractivity contribution in [2.45, 2.75) is 13.8 Å². The Kier molecular flexibility index (Phi) is 4.70. The van der Waals surface area contributed by atoms with Crippen molar-refractivity contribution in [2.24, 2.45) is 0 Å². The number of nitrogens with one attached hydrogen (secondary N) is 2. The molecule has 0 unspecified atom stereocenters. The van der Waals surface area contributed by atoms with Crippen LogP contribution in [-0.2, 0) is 0 Å². The van der Waals surface area contributed by atoms with Gasteiger partial charge >= 0.3 is 0 Å². The summed E-state index contributed by atoms with van der Waals surface area (Å²) in [6.45, 7) is 4.15. The predicted molar refractivity (Wildman–Crippen MR) is 102 cm³/mol. The minimum Gasteiger partial charge on any atom is -0.497 e. The number of anilines is 5. The molecular weight excluding hydrogens is 314 g/mol. The summed E-state index contributed by atoms with van der Waals surface area (Å²) in [6.07, 6.45) is 1.48. The van der Waals surface area contributed by atoms with Crippen LogP contribution in [0.2, 0.25) is 0 Å². The Hall–Kier alpha value is -3.28. The zero-order valence-electron chi connectivity index (χ0n) is 14.5. The molecule has 3 rings (SSSR count). The number of ether oxygens (including phenoxy) is 1. The van der Waals surface area contributed by atoms with E-state index in [1.54, 1.807) is 7.11 Å². The number of nitrogens with zero attached hydrogens (tertiary/aromatic N) is 2. The van der Waals surface area contributed by atoms with Gasteiger partial charge in [0.2, 0.25) is 0 Å². The largest absolute Gasteiger partial charge is 0.497 e. The number of rotatable bonds is 5. The van der Waals surface area contributed by atoms with Crippen LogP contribution < -0.4 is 21.1 Å². The van der Waals surface area contributed by atoms with Crippen LogP contribution in [0.3, 0.4) is 0 Å². The second-order valence-corrected chi connectivity index (χ2v) is 5.76. The molecular formula is C19H21N5O. The van der Waals surface area contributed by atoms with Gasteiger partial charge < -0.3 is 21.1 Å². The van der Waals surface area contributed by atoms with E-state index in [1.165, 1.54) is 17.5 Å². The number of benzene rings is 2. The van der Waals surface area contributed by atoms with Crippen LogP contribution >= 0.6 is 0 Å². The SMILES string of the molecule is COc1ccc(Nc2ncnc(Nc3ccc(C)c(C)c3)c2N)cc1. The van der Waals surface area contributed by atoms with Crippen molar-refractivity contribution in [3.05, 3.63) is 59.9 Å². The van der Waals surface area contributed by atoms with E-state index in [2.05, 4.69) is 46.6 Å². The molecule has 0 aliphatic carbocycles. The Morgan fingerprint density at radius 3 is 2.04 bits per heavy atom. The molecule has 1 heterocycles. The molecule has 0 saturated carbocycles. The van der Waals surface area contributed by atoms with Gasteiger partial charge in [-0.3, -0.25) is 0 Å². The summed E-state index contributed by atoms with van der Waals surface area (Å²) < 4.78 is 5.16. The third kappa shape index (κ3) is 3.80. The molecule has 1 aromatic heterocycles. The maximum atomic E-state index is 6.23. The summed E-state index contributed by atoms with van der Waals surface area (Å²) in [5.41, 5.74) is 10.9. The second kappa shape index (κ2) is 7.09. The van der Waals surface area contributed by atoms with E-state index in [9.17, 15) is 0 Å². The van der Waals surface area contributed by atoms with Crippen LogP contribution in [0.5, 0.6) is 5.75 Å². The molecule has 0 fully saturated rings. The molecule has 25 heavy (non-hydrogen) atoms. The first-order valence-electron chi connectivity index (χ1n) is 7.92. The van der Waals surface area contributed by atoms with Crippen molar-refractivity contribution in [1.82, 2.24) is 9.97 Å². The standard InChI is InChI=1S/C19H21N5O/c1-12-4-5-15(10-13(12)2)24-19-17(20)18(21-11-22-19)23-14-6-8-16(25-3)9-7-14/h4-11H,20H2,1-3H3,(H2,21,22,23,24). The Balaban J connectivity index is 1.82. The molecule has 0 spiro atoms. The molecule has 0 aliphatic rings. The van der Waals surface area contributed by atoms with Gasteiger partial charge in [0.1, 0.15) is 17.8 Å². The molecule has 0 aliphatic heterocycles. The van der Waals surface area contributed by atoms with Crippen LogP contribution in [0.1, 0.15) is 11.1 Å². The highest BCUT2D eigenvalue weighted by Crippen LogP contribution is 2.29. The van der Waals surface area contributed by atoms with E-state index < -0.39 is 0 Å². The molecule has 6 nitrogen and oxygen atoms in total. The molecule has 2 aromatic carbocycles. The first-order chi connectivity index (χ1) is 12.1. The van der Waals surface area contributed by atoms with E-state index >= 15 is 0 Å². The van der Waals surface area contributed by atoms with Crippen LogP contribution in [-0.4, -0.2) is 17.1 Å². The van der Waals surface area contributed by atoms with Gasteiger partial charge in [-0.25, -0.2) is 9.97 Å². The van der Waals surface area contributed by atoms with Gasteiger partial charge in [-0.05, 0) is 61.4 Å². The molecule has 0 bridgehead atoms. The van der Waals surface area contributed by atoms with Gasteiger partial charge in [-0.2, -0.15) is 0 Å². The molecule has 0 saturated heterocycles. The van der Waals surface area contributed by atoms with Crippen molar-refractivity contribution < 1.29 is 4.74 Å². The van der Waals surface area contributed by atoms with Crippen LogP contribution in [0.4, 0.5) is 28.7 Å². The highest BCUT2D eigenvalue weighted by Gasteiger charge is 2.09. The Labute approximate surface area is 147 Å². The van der Waals surface area contributed by atoms with Crippen molar-refractivity contribution in [3.8, 4) is 5.75 Å². The normalized spacial score (nSPS) is 10.4. The van der Waals surface area contributed by atoms with Crippen LogP contribution in [0.25, 0.3) is 0 Å². The average Bonchev–Trinajstić information content (AvgIpc) is 2.62. The number of aromatic nitrogens is 2. The van der Waals surface area contributed by atoms with Gasteiger partial charge in [0, 0.05) is 11.4 Å². The summed E-state index contributed by atoms with van der Waals surface area (Å²) in [6, 6.07) is 13.7. The van der Waals surface area contributed by atoms with E-state index in [-0.39, 0.29) is 0 Å². The molecule has 0 amide bonds. The number of methoxy groups -OCH3 is 1. The molecule has 6 heteroatoms. The lowest BCUT2D eigenvalue weighted by atomic mass is 10.1. The lowest BCUT2D eigenvalue weighted by molar-refractivity contribution is 0.415. The third-order valence-electron chi connectivity index (χ3n) is 4.01. The minimum atomic E-state index is 0.455. The molecule has 3 aromatic rings. The Morgan fingerprint density at radius 1 is 0.840 bits per heavy atom. The minimum absolute atomic E-state index is 0.455. The third-order valence-corrected chi connectivity index (χ3v) is 4.01. The zero-order chi connectivity index (χ0) is 17.8. The Morgan fingerprint density at radius 2 is 1.44 bits per heavy atom. The van der Waals surface area contributed by atoms with Crippen molar-refractivity contribution >= 4 is 28.7 Å². The van der Waals surface area contributed by atoms with E-state index in [1.807, 2.05) is 30.3 Å². The Bertz CT molecular complexity index is 877. The number of hydrogen-bond donors (Lipinski definition) is 3. The monoisotopic (exact) mass is 335 g/mol. The fraction of sp³-hybridized carbons (Fsp3) is 0.158. The van der Waals surface area contributed by atoms with Gasteiger partial charge in [-0.1, -0.05) is 6.07 Å². The van der Waals surface area contributed by atoms with Crippen molar-refractivity contribution in [2.75, 3.05) is 23.5 Å². The van der Waals surface area contributed by atoms with E-state index in [0.29, 0.717) is 17.3 Å². The van der Waals surface area contributed by atoms with E-state index in [0.717, 1.165) is 17.1 Å². The van der Waals surface area contributed by atoms with E-state index in [4.69, 9.17) is 10.5 Å². The summed E-state index contributed by atoms with van der Waals surface area (Å²) in [7, 11) is 1.63. The lowest BCUT2D eigenvalue weighted by Gasteiger charge is -2.13. The molecule has 0 radical (unpaired) electrons. The van der Waals surface area contributed by atoms with Gasteiger partial charge in [0.25, 0.3) is 0 Å². The average molecular weight is 335 g/mol. The first kappa shape index (κ1) is 16.6. The van der Waals surface area contributed by atoms with Crippen LogP contribution in [0.15, 0.2) is 48.8 Å². The molecule has 128 valence electrons. The summed E-state index contributed by atoms with van der Waals surface area (Å²) >= 11 is 0. The maximum Gasteiger partial charge on any atom is 0.159 e. The topological polar surface area (TPSA) is 85.1 Å². The lowest BCUT2D eigenvalue weighted by Crippen LogP contribution is -2.05. The highest BCUT2D eigenvalue weighted by molar-refractivity contribution is 5.80. The predicted octanol–water partition coefficient (Wildman–Crippen LogP) is 4.17. The van der Waals surface area contributed by atoms with Gasteiger partial charge in [0.15, 0.2) is 11.6 Å². The maximum absolute atomic E-state index is 6.23. The quantitative estimate of drug-likeness (QED) is 0.649. The fourth-order valence-electron chi connectivity index (χ4n) is 2.36. The molecule has 0 atom stereocenters. The van der Waals surface area contributed by atoms with Crippen LogP contribution in [0, 0.1) is 13.8 Å². The first-order valence-corrected chi connectivity index (χ1v) is 7.92. The smallest absolute Gasteiger partial charge is 0.159 e. The van der Waals surface area contributed by atoms with Gasteiger partial charge in [-0.15, -0.1) is 0 Å². The molecule has 4 N–H and O–H groups in total. The highest BCUT2D eigenvalue weighted by atomic mass is 16.5. The summed E-state index contributed by atoms with van der Waals surface area (Å²) in [5, 5.41) is 6.45. The number of nitrogens with two attached hydrogens (primary N) is 1. The zero-order valence-corrected chi connectivity index (χ0v) is 14.5. The number of hydrogen-bond acceptors (Lipinski definition) is 6. The summed E-state index contributed by atoms with van der Waals surface area (Å²) in [5.74, 6) is 1.90.